The Bertz CT molecular complexity index is 698. The summed E-state index contributed by atoms with van der Waals surface area (Å²) in [7, 11) is 1.33. The topological polar surface area (TPSA) is 75.7 Å². The quantitative estimate of drug-likeness (QED) is 0.841. The lowest BCUT2D eigenvalue weighted by Gasteiger charge is -2.35. The standard InChI is InChI=1S/C20H28N2O4/c1-13-15(18(24)26-5)7-6-8-16(13)21-17(23)14-9-11-22(12-10-14)19(25)20(2,3)4/h6-8,14H,9-12H2,1-5H3,(H,21,23). The Morgan fingerprint density at radius 2 is 1.77 bits per heavy atom. The molecule has 0 spiro atoms. The molecule has 0 aliphatic carbocycles. The Hall–Kier alpha value is -2.37. The summed E-state index contributed by atoms with van der Waals surface area (Å²) < 4.78 is 4.77. The number of likely N-dealkylation sites (tertiary alicyclic amines) is 1. The third kappa shape index (κ3) is 4.42. The summed E-state index contributed by atoms with van der Waals surface area (Å²) in [6.45, 7) is 8.69. The van der Waals surface area contributed by atoms with E-state index in [2.05, 4.69) is 5.32 Å². The summed E-state index contributed by atoms with van der Waals surface area (Å²) in [4.78, 5) is 38.6. The summed E-state index contributed by atoms with van der Waals surface area (Å²) in [5.74, 6) is -0.510. The number of carbonyl (C=O) groups is 3. The van der Waals surface area contributed by atoms with Crippen LogP contribution in [0.5, 0.6) is 0 Å². The minimum absolute atomic E-state index is 0.0713. The predicted octanol–water partition coefficient (Wildman–Crippen LogP) is 3.00. The monoisotopic (exact) mass is 360 g/mol. The molecule has 0 atom stereocenters. The second kappa shape index (κ2) is 7.89. The fraction of sp³-hybridized carbons (Fsp3) is 0.550. The van der Waals surface area contributed by atoms with E-state index in [4.69, 9.17) is 4.74 Å². The minimum Gasteiger partial charge on any atom is -0.465 e. The molecule has 0 aromatic heterocycles. The molecule has 1 aliphatic rings. The van der Waals surface area contributed by atoms with Gasteiger partial charge in [-0.25, -0.2) is 4.79 Å². The highest BCUT2D eigenvalue weighted by Crippen LogP contribution is 2.26. The number of amides is 2. The fourth-order valence-electron chi connectivity index (χ4n) is 3.16. The Kier molecular flexibility index (Phi) is 6.05. The van der Waals surface area contributed by atoms with Crippen molar-refractivity contribution in [2.45, 2.75) is 40.5 Å². The van der Waals surface area contributed by atoms with E-state index in [9.17, 15) is 14.4 Å². The van der Waals surface area contributed by atoms with Crippen LogP contribution in [0.4, 0.5) is 5.69 Å². The molecule has 0 bridgehead atoms. The Balaban J connectivity index is 2.00. The van der Waals surface area contributed by atoms with E-state index in [0.717, 1.165) is 0 Å². The molecular weight excluding hydrogens is 332 g/mol. The van der Waals surface area contributed by atoms with Gasteiger partial charge in [0.2, 0.25) is 11.8 Å². The minimum atomic E-state index is -0.424. The van der Waals surface area contributed by atoms with E-state index in [-0.39, 0.29) is 17.7 Å². The lowest BCUT2D eigenvalue weighted by Crippen LogP contribution is -2.45. The number of rotatable bonds is 3. The number of carbonyl (C=O) groups excluding carboxylic acids is 3. The number of piperidine rings is 1. The van der Waals surface area contributed by atoms with Crippen LogP contribution in [0.25, 0.3) is 0 Å². The van der Waals surface area contributed by atoms with E-state index in [1.807, 2.05) is 25.7 Å². The molecule has 1 fully saturated rings. The van der Waals surface area contributed by atoms with Gasteiger partial charge in [-0.2, -0.15) is 0 Å². The highest BCUT2D eigenvalue weighted by Gasteiger charge is 2.32. The zero-order valence-electron chi connectivity index (χ0n) is 16.2. The van der Waals surface area contributed by atoms with Crippen LogP contribution in [-0.2, 0) is 14.3 Å². The molecule has 6 nitrogen and oxygen atoms in total. The van der Waals surface area contributed by atoms with Crippen molar-refractivity contribution in [3.8, 4) is 0 Å². The van der Waals surface area contributed by atoms with Gasteiger partial charge in [0.05, 0.1) is 12.7 Å². The zero-order chi connectivity index (χ0) is 19.5. The molecule has 0 unspecified atom stereocenters. The number of esters is 1. The van der Waals surface area contributed by atoms with Gasteiger partial charge < -0.3 is 15.0 Å². The highest BCUT2D eigenvalue weighted by molar-refractivity contribution is 5.97. The summed E-state index contributed by atoms with van der Waals surface area (Å²) in [5, 5.41) is 2.92. The second-order valence-electron chi connectivity index (χ2n) is 7.78. The number of nitrogens with one attached hydrogen (secondary N) is 1. The van der Waals surface area contributed by atoms with Crippen LogP contribution in [-0.4, -0.2) is 42.9 Å². The largest absolute Gasteiger partial charge is 0.465 e. The molecule has 2 rings (SSSR count). The van der Waals surface area contributed by atoms with E-state index in [1.54, 1.807) is 25.1 Å². The van der Waals surface area contributed by atoms with E-state index < -0.39 is 11.4 Å². The molecule has 1 aliphatic heterocycles. The Morgan fingerprint density at radius 3 is 2.31 bits per heavy atom. The number of ether oxygens (including phenoxy) is 1. The van der Waals surface area contributed by atoms with Crippen LogP contribution in [0, 0.1) is 18.3 Å². The van der Waals surface area contributed by atoms with Gasteiger partial charge >= 0.3 is 5.97 Å². The van der Waals surface area contributed by atoms with Gasteiger partial charge in [0.1, 0.15) is 0 Å². The molecule has 1 saturated heterocycles. The van der Waals surface area contributed by atoms with E-state index in [1.165, 1.54) is 7.11 Å². The van der Waals surface area contributed by atoms with Gasteiger partial charge in [-0.3, -0.25) is 9.59 Å². The van der Waals surface area contributed by atoms with Crippen LogP contribution in [0.1, 0.15) is 49.5 Å². The van der Waals surface area contributed by atoms with Crippen molar-refractivity contribution >= 4 is 23.5 Å². The SMILES string of the molecule is COC(=O)c1cccc(NC(=O)C2CCN(C(=O)C(C)(C)C)CC2)c1C. The number of benzene rings is 1. The predicted molar refractivity (Wildman–Crippen MR) is 99.9 cm³/mol. The van der Waals surface area contributed by atoms with Crippen molar-refractivity contribution < 1.29 is 19.1 Å². The van der Waals surface area contributed by atoms with Gasteiger partial charge in [0.25, 0.3) is 0 Å². The van der Waals surface area contributed by atoms with Crippen molar-refractivity contribution in [2.24, 2.45) is 11.3 Å². The molecule has 1 aromatic rings. The van der Waals surface area contributed by atoms with Crippen LogP contribution >= 0.6 is 0 Å². The molecule has 1 N–H and O–H groups in total. The lowest BCUT2D eigenvalue weighted by molar-refractivity contribution is -0.142. The summed E-state index contributed by atoms with van der Waals surface area (Å²) in [6.07, 6.45) is 1.28. The maximum Gasteiger partial charge on any atom is 0.338 e. The molecule has 6 heteroatoms. The van der Waals surface area contributed by atoms with Crippen molar-refractivity contribution in [1.82, 2.24) is 4.90 Å². The Morgan fingerprint density at radius 1 is 1.15 bits per heavy atom. The highest BCUT2D eigenvalue weighted by atomic mass is 16.5. The number of hydrogen-bond donors (Lipinski definition) is 1. The molecule has 1 heterocycles. The molecule has 26 heavy (non-hydrogen) atoms. The zero-order valence-corrected chi connectivity index (χ0v) is 16.2. The average molecular weight is 360 g/mol. The average Bonchev–Trinajstić information content (AvgIpc) is 2.61. The fourth-order valence-corrected chi connectivity index (χ4v) is 3.16. The molecular formula is C20H28N2O4. The normalized spacial score (nSPS) is 15.5. The molecule has 2 amide bonds. The summed E-state index contributed by atoms with van der Waals surface area (Å²) in [6, 6.07) is 5.17. The van der Waals surface area contributed by atoms with Gasteiger partial charge in [-0.05, 0) is 37.5 Å². The number of anilines is 1. The summed E-state index contributed by atoms with van der Waals surface area (Å²) >= 11 is 0. The molecule has 0 radical (unpaired) electrons. The van der Waals surface area contributed by atoms with Gasteiger partial charge in [0.15, 0.2) is 0 Å². The Labute approximate surface area is 154 Å². The van der Waals surface area contributed by atoms with Crippen LogP contribution in [0.2, 0.25) is 0 Å². The maximum atomic E-state index is 12.6. The van der Waals surface area contributed by atoms with Gasteiger partial charge in [0, 0.05) is 30.1 Å². The smallest absolute Gasteiger partial charge is 0.338 e. The molecule has 142 valence electrons. The first-order valence-electron chi connectivity index (χ1n) is 8.93. The number of methoxy groups -OCH3 is 1. The third-order valence-electron chi connectivity index (χ3n) is 4.79. The van der Waals surface area contributed by atoms with Crippen molar-refractivity contribution in [3.05, 3.63) is 29.3 Å². The molecule has 1 aromatic carbocycles. The van der Waals surface area contributed by atoms with Crippen molar-refractivity contribution in [1.29, 1.82) is 0 Å². The van der Waals surface area contributed by atoms with Crippen molar-refractivity contribution in [3.63, 3.8) is 0 Å². The van der Waals surface area contributed by atoms with Crippen LogP contribution in [0.15, 0.2) is 18.2 Å². The first kappa shape index (κ1) is 19.9. The number of nitrogens with zero attached hydrogens (tertiary/aromatic N) is 1. The first-order valence-corrected chi connectivity index (χ1v) is 8.93. The first-order chi connectivity index (χ1) is 12.1. The summed E-state index contributed by atoms with van der Waals surface area (Å²) in [5.41, 5.74) is 1.34. The van der Waals surface area contributed by atoms with E-state index in [0.29, 0.717) is 42.7 Å². The molecule has 0 saturated carbocycles. The van der Waals surface area contributed by atoms with Crippen LogP contribution < -0.4 is 5.32 Å². The maximum absolute atomic E-state index is 12.6. The third-order valence-corrected chi connectivity index (χ3v) is 4.79. The van der Waals surface area contributed by atoms with E-state index >= 15 is 0 Å². The number of hydrogen-bond acceptors (Lipinski definition) is 4. The second-order valence-corrected chi connectivity index (χ2v) is 7.78. The lowest BCUT2D eigenvalue weighted by atomic mass is 9.90. The van der Waals surface area contributed by atoms with Gasteiger partial charge in [-0.15, -0.1) is 0 Å². The van der Waals surface area contributed by atoms with Gasteiger partial charge in [-0.1, -0.05) is 26.8 Å². The van der Waals surface area contributed by atoms with Crippen molar-refractivity contribution in [2.75, 3.05) is 25.5 Å². The van der Waals surface area contributed by atoms with Crippen LogP contribution in [0.3, 0.4) is 0 Å².